The van der Waals surface area contributed by atoms with Crippen LogP contribution in [0.5, 0.6) is 0 Å². The average molecular weight is 212 g/mol. The van der Waals surface area contributed by atoms with E-state index in [0.717, 1.165) is 32.1 Å². The minimum atomic E-state index is -0.335. The highest BCUT2D eigenvalue weighted by atomic mass is 16.2. The number of rotatable bonds is 5. The van der Waals surface area contributed by atoms with E-state index in [-0.39, 0.29) is 23.8 Å². The molecule has 1 rings (SSSR count). The van der Waals surface area contributed by atoms with Crippen LogP contribution in [0.2, 0.25) is 0 Å². The second kappa shape index (κ2) is 5.14. The van der Waals surface area contributed by atoms with Crippen LogP contribution in [0.25, 0.3) is 0 Å². The van der Waals surface area contributed by atoms with Gasteiger partial charge in [0, 0.05) is 18.4 Å². The van der Waals surface area contributed by atoms with Gasteiger partial charge in [0.2, 0.25) is 11.8 Å². The first-order valence-electron chi connectivity index (χ1n) is 5.67. The smallest absolute Gasteiger partial charge is 0.220 e. The third kappa shape index (κ3) is 3.53. The molecule has 15 heavy (non-hydrogen) atoms. The van der Waals surface area contributed by atoms with Crippen LogP contribution in [0.15, 0.2) is 0 Å². The van der Waals surface area contributed by atoms with E-state index in [1.807, 2.05) is 6.92 Å². The van der Waals surface area contributed by atoms with Crippen molar-refractivity contribution in [2.45, 2.75) is 57.4 Å². The molecule has 0 bridgehead atoms. The molecular formula is C11H20N2O2. The number of carbonyl (C=O) groups excluding carboxylic acids is 2. The van der Waals surface area contributed by atoms with Gasteiger partial charge in [-0.05, 0) is 19.3 Å². The lowest BCUT2D eigenvalue weighted by Gasteiger charge is -2.29. The minimum Gasteiger partial charge on any atom is -0.370 e. The molecule has 0 saturated heterocycles. The number of carbonyl (C=O) groups is 2. The summed E-state index contributed by atoms with van der Waals surface area (Å²) in [6, 6.07) is 0. The van der Waals surface area contributed by atoms with Crippen molar-refractivity contribution in [1.82, 2.24) is 5.32 Å². The fourth-order valence-electron chi connectivity index (χ4n) is 2.32. The third-order valence-electron chi connectivity index (χ3n) is 2.95. The second-order valence-electron chi connectivity index (χ2n) is 4.43. The number of amides is 2. The molecule has 1 fully saturated rings. The SMILES string of the molecule is CCCC(=O)NC1(CC(N)=O)CCCC1. The van der Waals surface area contributed by atoms with Crippen LogP contribution in [-0.4, -0.2) is 17.4 Å². The van der Waals surface area contributed by atoms with Gasteiger partial charge in [0.25, 0.3) is 0 Å². The third-order valence-corrected chi connectivity index (χ3v) is 2.95. The van der Waals surface area contributed by atoms with Crippen molar-refractivity contribution >= 4 is 11.8 Å². The molecule has 0 aromatic heterocycles. The summed E-state index contributed by atoms with van der Waals surface area (Å²) >= 11 is 0. The second-order valence-corrected chi connectivity index (χ2v) is 4.43. The van der Waals surface area contributed by atoms with Gasteiger partial charge in [0.15, 0.2) is 0 Å². The van der Waals surface area contributed by atoms with Crippen molar-refractivity contribution < 1.29 is 9.59 Å². The average Bonchev–Trinajstić information content (AvgIpc) is 2.51. The zero-order chi connectivity index (χ0) is 11.3. The molecule has 0 atom stereocenters. The van der Waals surface area contributed by atoms with Gasteiger partial charge in [-0.15, -0.1) is 0 Å². The molecule has 4 nitrogen and oxygen atoms in total. The molecule has 1 saturated carbocycles. The number of nitrogens with one attached hydrogen (secondary N) is 1. The summed E-state index contributed by atoms with van der Waals surface area (Å²) in [5.41, 5.74) is 4.88. The van der Waals surface area contributed by atoms with E-state index >= 15 is 0 Å². The van der Waals surface area contributed by atoms with Crippen molar-refractivity contribution in [3.63, 3.8) is 0 Å². The largest absolute Gasteiger partial charge is 0.370 e. The summed E-state index contributed by atoms with van der Waals surface area (Å²) in [6.45, 7) is 1.97. The van der Waals surface area contributed by atoms with Gasteiger partial charge < -0.3 is 11.1 Å². The molecule has 0 unspecified atom stereocenters. The Hall–Kier alpha value is -1.06. The van der Waals surface area contributed by atoms with Crippen molar-refractivity contribution in [3.05, 3.63) is 0 Å². The van der Waals surface area contributed by atoms with Crippen LogP contribution in [-0.2, 0) is 9.59 Å². The van der Waals surface area contributed by atoms with Crippen molar-refractivity contribution in [3.8, 4) is 0 Å². The molecule has 0 aromatic carbocycles. The number of hydrogen-bond donors (Lipinski definition) is 2. The Kier molecular flexibility index (Phi) is 4.12. The van der Waals surface area contributed by atoms with Crippen LogP contribution < -0.4 is 11.1 Å². The Morgan fingerprint density at radius 1 is 1.33 bits per heavy atom. The summed E-state index contributed by atoms with van der Waals surface area (Å²) in [5.74, 6) is -0.283. The van der Waals surface area contributed by atoms with Gasteiger partial charge in [-0.3, -0.25) is 9.59 Å². The normalized spacial score (nSPS) is 18.7. The molecule has 1 aliphatic carbocycles. The van der Waals surface area contributed by atoms with Gasteiger partial charge >= 0.3 is 0 Å². The number of hydrogen-bond acceptors (Lipinski definition) is 2. The number of primary amides is 1. The van der Waals surface area contributed by atoms with E-state index in [9.17, 15) is 9.59 Å². The van der Waals surface area contributed by atoms with Crippen LogP contribution in [0.1, 0.15) is 51.9 Å². The maximum atomic E-state index is 11.5. The van der Waals surface area contributed by atoms with E-state index in [2.05, 4.69) is 5.32 Å². The molecule has 2 amide bonds. The Morgan fingerprint density at radius 3 is 2.40 bits per heavy atom. The van der Waals surface area contributed by atoms with Gasteiger partial charge in [-0.1, -0.05) is 19.8 Å². The summed E-state index contributed by atoms with van der Waals surface area (Å²) in [6.07, 6.45) is 5.54. The maximum Gasteiger partial charge on any atom is 0.220 e. The molecule has 1 aliphatic rings. The highest BCUT2D eigenvalue weighted by molar-refractivity contribution is 5.80. The molecule has 86 valence electrons. The Bertz CT molecular complexity index is 245. The van der Waals surface area contributed by atoms with E-state index in [4.69, 9.17) is 5.73 Å². The minimum absolute atomic E-state index is 0.0423. The van der Waals surface area contributed by atoms with Crippen LogP contribution >= 0.6 is 0 Å². The van der Waals surface area contributed by atoms with Gasteiger partial charge in [-0.2, -0.15) is 0 Å². The fourth-order valence-corrected chi connectivity index (χ4v) is 2.32. The Morgan fingerprint density at radius 2 is 1.93 bits per heavy atom. The summed E-state index contributed by atoms with van der Waals surface area (Å²) in [5, 5.41) is 2.98. The molecule has 3 N–H and O–H groups in total. The van der Waals surface area contributed by atoms with E-state index in [0.29, 0.717) is 6.42 Å². The lowest BCUT2D eigenvalue weighted by atomic mass is 9.92. The highest BCUT2D eigenvalue weighted by Gasteiger charge is 2.36. The predicted octanol–water partition coefficient (Wildman–Crippen LogP) is 1.09. The fraction of sp³-hybridized carbons (Fsp3) is 0.818. The molecule has 4 heteroatoms. The van der Waals surface area contributed by atoms with E-state index in [1.165, 1.54) is 0 Å². The van der Waals surface area contributed by atoms with Gasteiger partial charge in [-0.25, -0.2) is 0 Å². The summed E-state index contributed by atoms with van der Waals surface area (Å²) in [7, 11) is 0. The quantitative estimate of drug-likeness (QED) is 0.716. The van der Waals surface area contributed by atoms with Crippen LogP contribution in [0, 0.1) is 0 Å². The lowest BCUT2D eigenvalue weighted by molar-refractivity contribution is -0.124. The van der Waals surface area contributed by atoms with Crippen molar-refractivity contribution in [2.24, 2.45) is 5.73 Å². The summed E-state index contributed by atoms with van der Waals surface area (Å²) in [4.78, 5) is 22.5. The van der Waals surface area contributed by atoms with Crippen LogP contribution in [0.3, 0.4) is 0 Å². The molecule has 0 radical (unpaired) electrons. The molecule has 0 heterocycles. The van der Waals surface area contributed by atoms with E-state index in [1.54, 1.807) is 0 Å². The lowest BCUT2D eigenvalue weighted by Crippen LogP contribution is -2.48. The Labute approximate surface area is 90.6 Å². The topological polar surface area (TPSA) is 72.2 Å². The molecular weight excluding hydrogens is 192 g/mol. The molecule has 0 aliphatic heterocycles. The van der Waals surface area contributed by atoms with Gasteiger partial charge in [0.1, 0.15) is 0 Å². The zero-order valence-electron chi connectivity index (χ0n) is 9.34. The molecule has 0 spiro atoms. The summed E-state index contributed by atoms with van der Waals surface area (Å²) < 4.78 is 0. The standard InChI is InChI=1S/C11H20N2O2/c1-2-5-10(15)13-11(8-9(12)14)6-3-4-7-11/h2-8H2,1H3,(H2,12,14)(H,13,15). The first-order valence-corrected chi connectivity index (χ1v) is 5.67. The van der Waals surface area contributed by atoms with Crippen LogP contribution in [0.4, 0.5) is 0 Å². The first kappa shape index (κ1) is 12.0. The molecule has 0 aromatic rings. The highest BCUT2D eigenvalue weighted by Crippen LogP contribution is 2.32. The van der Waals surface area contributed by atoms with Gasteiger partial charge in [0.05, 0.1) is 0 Å². The first-order chi connectivity index (χ1) is 7.08. The van der Waals surface area contributed by atoms with Crippen molar-refractivity contribution in [2.75, 3.05) is 0 Å². The maximum absolute atomic E-state index is 11.5. The number of nitrogens with two attached hydrogens (primary N) is 1. The monoisotopic (exact) mass is 212 g/mol. The Balaban J connectivity index is 2.56. The predicted molar refractivity (Wildman–Crippen MR) is 58.1 cm³/mol. The zero-order valence-corrected chi connectivity index (χ0v) is 9.34. The van der Waals surface area contributed by atoms with Crippen molar-refractivity contribution in [1.29, 1.82) is 0 Å². The van der Waals surface area contributed by atoms with E-state index < -0.39 is 0 Å².